The number of hydrogen-bond donors (Lipinski definition) is 2. The molecule has 26 heavy (non-hydrogen) atoms. The van der Waals surface area contributed by atoms with Gasteiger partial charge in [0, 0.05) is 51.2 Å². The zero-order valence-corrected chi connectivity index (χ0v) is 16.9. The summed E-state index contributed by atoms with van der Waals surface area (Å²) in [6.07, 6.45) is 4.20. The molecule has 0 radical (unpaired) electrons. The Kier molecular flexibility index (Phi) is 10.2. The molecule has 2 saturated heterocycles. The maximum atomic E-state index is 12.4. The van der Waals surface area contributed by atoms with Gasteiger partial charge in [-0.05, 0) is 25.7 Å². The van der Waals surface area contributed by atoms with Crippen LogP contribution in [0, 0.1) is 5.92 Å². The van der Waals surface area contributed by atoms with Gasteiger partial charge < -0.3 is 20.7 Å². The number of rotatable bonds is 5. The lowest BCUT2D eigenvalue weighted by Gasteiger charge is -2.29. The summed E-state index contributed by atoms with van der Waals surface area (Å²) in [6, 6.07) is 0.511. The monoisotopic (exact) mass is 410 g/mol. The van der Waals surface area contributed by atoms with E-state index in [0.717, 1.165) is 58.5 Å². The van der Waals surface area contributed by atoms with Gasteiger partial charge in [-0.3, -0.25) is 14.5 Å². The fourth-order valence-corrected chi connectivity index (χ4v) is 3.83. The molecule has 0 bridgehead atoms. The van der Waals surface area contributed by atoms with Crippen molar-refractivity contribution < 1.29 is 14.3 Å². The summed E-state index contributed by atoms with van der Waals surface area (Å²) in [5.74, 6) is -0.0513. The highest BCUT2D eigenvalue weighted by Crippen LogP contribution is 2.21. The first-order valence-corrected chi connectivity index (χ1v) is 9.25. The fraction of sp³-hybridized carbons (Fsp3) is 0.882. The van der Waals surface area contributed by atoms with Crippen molar-refractivity contribution in [1.82, 2.24) is 15.1 Å². The van der Waals surface area contributed by atoms with Crippen LogP contribution in [-0.2, 0) is 14.3 Å². The molecule has 1 saturated carbocycles. The molecule has 3 aliphatic rings. The van der Waals surface area contributed by atoms with Crippen molar-refractivity contribution in [2.75, 3.05) is 45.9 Å². The van der Waals surface area contributed by atoms with Crippen molar-refractivity contribution in [2.24, 2.45) is 11.7 Å². The summed E-state index contributed by atoms with van der Waals surface area (Å²) in [6.45, 7) is 5.52. The summed E-state index contributed by atoms with van der Waals surface area (Å²) >= 11 is 0. The Morgan fingerprint density at radius 2 is 1.77 bits per heavy atom. The van der Waals surface area contributed by atoms with Crippen molar-refractivity contribution in [3.63, 3.8) is 0 Å². The number of nitrogens with one attached hydrogen (secondary N) is 1. The van der Waals surface area contributed by atoms with Crippen LogP contribution in [-0.4, -0.2) is 79.6 Å². The smallest absolute Gasteiger partial charge is 0.225 e. The van der Waals surface area contributed by atoms with Crippen LogP contribution in [0.15, 0.2) is 0 Å². The topological polar surface area (TPSA) is 87.9 Å². The molecule has 3 N–H and O–H groups in total. The number of morpholine rings is 1. The average molecular weight is 411 g/mol. The second-order valence-corrected chi connectivity index (χ2v) is 7.32. The van der Waals surface area contributed by atoms with E-state index in [0.29, 0.717) is 19.5 Å². The number of amides is 2. The average Bonchev–Trinajstić information content (AvgIpc) is 2.97. The molecule has 0 spiro atoms. The predicted octanol–water partition coefficient (Wildman–Crippen LogP) is 0.397. The van der Waals surface area contributed by atoms with Crippen LogP contribution >= 0.6 is 24.8 Å². The number of halogens is 2. The first kappa shape index (κ1) is 23.4. The minimum Gasteiger partial charge on any atom is -0.379 e. The van der Waals surface area contributed by atoms with Crippen molar-refractivity contribution in [3.05, 3.63) is 0 Å². The van der Waals surface area contributed by atoms with Crippen molar-refractivity contribution >= 4 is 36.6 Å². The van der Waals surface area contributed by atoms with E-state index in [4.69, 9.17) is 10.5 Å². The first-order valence-electron chi connectivity index (χ1n) is 9.25. The number of nitrogens with two attached hydrogens (primary N) is 1. The summed E-state index contributed by atoms with van der Waals surface area (Å²) in [5, 5.41) is 3.13. The number of hydrogen-bond acceptors (Lipinski definition) is 5. The molecule has 0 aromatic rings. The number of carbonyl (C=O) groups is 2. The Bertz CT molecular complexity index is 455. The number of carbonyl (C=O) groups excluding carboxylic acids is 2. The van der Waals surface area contributed by atoms with E-state index in [1.165, 1.54) is 0 Å². The Morgan fingerprint density at radius 3 is 2.42 bits per heavy atom. The van der Waals surface area contributed by atoms with E-state index in [9.17, 15) is 9.59 Å². The molecule has 2 amide bonds. The van der Waals surface area contributed by atoms with Crippen LogP contribution in [0.4, 0.5) is 0 Å². The van der Waals surface area contributed by atoms with Gasteiger partial charge in [0.15, 0.2) is 0 Å². The van der Waals surface area contributed by atoms with Gasteiger partial charge >= 0.3 is 0 Å². The quantitative estimate of drug-likeness (QED) is 0.684. The zero-order chi connectivity index (χ0) is 16.9. The molecular formula is C17H32Cl2N4O3. The van der Waals surface area contributed by atoms with Gasteiger partial charge in [0.05, 0.1) is 19.1 Å². The van der Waals surface area contributed by atoms with Crippen LogP contribution in [0.2, 0.25) is 0 Å². The molecule has 2 aliphatic heterocycles. The van der Waals surface area contributed by atoms with Gasteiger partial charge in [0.1, 0.15) is 0 Å². The number of nitrogens with zero attached hydrogens (tertiary/aromatic N) is 2. The number of likely N-dealkylation sites (tertiary alicyclic amines) is 1. The third kappa shape index (κ3) is 6.53. The molecule has 152 valence electrons. The highest BCUT2D eigenvalue weighted by Gasteiger charge is 2.35. The van der Waals surface area contributed by atoms with E-state index >= 15 is 0 Å². The Morgan fingerprint density at radius 1 is 1.12 bits per heavy atom. The van der Waals surface area contributed by atoms with E-state index < -0.39 is 0 Å². The molecule has 2 heterocycles. The summed E-state index contributed by atoms with van der Waals surface area (Å²) in [7, 11) is 0. The molecule has 3 fully saturated rings. The Balaban J connectivity index is 0.00000169. The van der Waals surface area contributed by atoms with E-state index in [2.05, 4.69) is 10.2 Å². The minimum absolute atomic E-state index is 0. The van der Waals surface area contributed by atoms with Crippen molar-refractivity contribution in [1.29, 1.82) is 0 Å². The molecule has 1 atom stereocenters. The predicted molar refractivity (Wildman–Crippen MR) is 105 cm³/mol. The molecule has 1 unspecified atom stereocenters. The van der Waals surface area contributed by atoms with Crippen molar-refractivity contribution in [2.45, 2.75) is 44.2 Å². The zero-order valence-electron chi connectivity index (χ0n) is 15.2. The lowest BCUT2D eigenvalue weighted by molar-refractivity contribution is -0.129. The molecule has 0 aromatic carbocycles. The van der Waals surface area contributed by atoms with Crippen LogP contribution in [0.25, 0.3) is 0 Å². The third-order valence-electron chi connectivity index (χ3n) is 5.49. The minimum atomic E-state index is -0.196. The molecule has 0 aromatic heterocycles. The maximum absolute atomic E-state index is 12.4. The maximum Gasteiger partial charge on any atom is 0.225 e. The van der Waals surface area contributed by atoms with Gasteiger partial charge in [-0.1, -0.05) is 0 Å². The van der Waals surface area contributed by atoms with Gasteiger partial charge in [-0.15, -0.1) is 24.8 Å². The van der Waals surface area contributed by atoms with Gasteiger partial charge in [-0.2, -0.15) is 0 Å². The van der Waals surface area contributed by atoms with Gasteiger partial charge in [0.2, 0.25) is 11.8 Å². The molecule has 7 nitrogen and oxygen atoms in total. The van der Waals surface area contributed by atoms with Crippen LogP contribution in [0.3, 0.4) is 0 Å². The van der Waals surface area contributed by atoms with Gasteiger partial charge in [-0.25, -0.2) is 0 Å². The standard InChI is InChI=1S/C17H30N4O3.2ClH/c18-14-1-3-15(4-2-14)19-17(23)13-11-16(22)21(12-13)6-5-20-7-9-24-10-8-20;;/h13-15H,1-12,18H2,(H,19,23);2*1H. The third-order valence-corrected chi connectivity index (χ3v) is 5.49. The van der Waals surface area contributed by atoms with E-state index in [1.54, 1.807) is 0 Å². The summed E-state index contributed by atoms with van der Waals surface area (Å²) in [5.41, 5.74) is 5.91. The largest absolute Gasteiger partial charge is 0.379 e. The second-order valence-electron chi connectivity index (χ2n) is 7.32. The Labute approximate surface area is 168 Å². The second kappa shape index (κ2) is 11.3. The van der Waals surface area contributed by atoms with Gasteiger partial charge in [0.25, 0.3) is 0 Å². The lowest BCUT2D eigenvalue weighted by Crippen LogP contribution is -2.44. The van der Waals surface area contributed by atoms with Crippen LogP contribution in [0.1, 0.15) is 32.1 Å². The molecular weight excluding hydrogens is 379 g/mol. The van der Waals surface area contributed by atoms with Crippen LogP contribution < -0.4 is 11.1 Å². The Hall–Kier alpha value is -0.600. The van der Waals surface area contributed by atoms with E-state index in [1.807, 2.05) is 4.90 Å². The molecule has 1 aliphatic carbocycles. The summed E-state index contributed by atoms with van der Waals surface area (Å²) in [4.78, 5) is 28.8. The normalized spacial score (nSPS) is 29.7. The van der Waals surface area contributed by atoms with Crippen LogP contribution in [0.5, 0.6) is 0 Å². The first-order chi connectivity index (χ1) is 11.6. The lowest BCUT2D eigenvalue weighted by atomic mass is 9.91. The molecule has 9 heteroatoms. The molecule has 3 rings (SSSR count). The highest BCUT2D eigenvalue weighted by atomic mass is 35.5. The summed E-state index contributed by atoms with van der Waals surface area (Å²) < 4.78 is 5.34. The van der Waals surface area contributed by atoms with E-state index in [-0.39, 0.29) is 54.6 Å². The van der Waals surface area contributed by atoms with Crippen molar-refractivity contribution in [3.8, 4) is 0 Å². The SMILES string of the molecule is Cl.Cl.NC1CCC(NC(=O)C2CC(=O)N(CCN3CCOCC3)C2)CC1. The highest BCUT2D eigenvalue weighted by molar-refractivity contribution is 5.89. The fourth-order valence-electron chi connectivity index (χ4n) is 3.83. The number of ether oxygens (including phenoxy) is 1.